The number of benzene rings is 1. The molecular weight excluding hydrogens is 328 g/mol. The molecule has 2 N–H and O–H groups in total. The van der Waals surface area contributed by atoms with E-state index in [4.69, 9.17) is 0 Å². The molecule has 0 aliphatic carbocycles. The fourth-order valence-corrected chi connectivity index (χ4v) is 3.39. The van der Waals surface area contributed by atoms with Crippen LogP contribution in [-0.2, 0) is 6.42 Å². The van der Waals surface area contributed by atoms with Crippen molar-refractivity contribution in [2.45, 2.75) is 32.2 Å². The van der Waals surface area contributed by atoms with Crippen molar-refractivity contribution < 1.29 is 5.11 Å². The second kappa shape index (κ2) is 7.54. The number of nitrogens with zero attached hydrogens (tertiary/aromatic N) is 3. The van der Waals surface area contributed by atoms with Crippen molar-refractivity contribution >= 4 is 11.9 Å². The monoisotopic (exact) mass is 350 g/mol. The summed E-state index contributed by atoms with van der Waals surface area (Å²) in [5.41, 5.74) is 2.71. The quantitative estimate of drug-likeness (QED) is 0.862. The molecule has 1 aromatic heterocycles. The number of nitrogens with one attached hydrogen (secondary N) is 1. The van der Waals surface area contributed by atoms with E-state index in [1.807, 2.05) is 36.1 Å². The number of aromatic amines is 1. The number of aliphatic hydroxyl groups is 1. The van der Waals surface area contributed by atoms with Crippen molar-refractivity contribution in [3.05, 3.63) is 63.2 Å². The Hall–Kier alpha value is -2.91. The average molecular weight is 350 g/mol. The van der Waals surface area contributed by atoms with Gasteiger partial charge in [-0.15, -0.1) is 0 Å². The van der Waals surface area contributed by atoms with Gasteiger partial charge in [-0.1, -0.05) is 30.9 Å². The second-order valence-corrected chi connectivity index (χ2v) is 6.56. The van der Waals surface area contributed by atoms with Crippen LogP contribution in [0.4, 0.5) is 5.82 Å². The summed E-state index contributed by atoms with van der Waals surface area (Å²) in [5.74, 6) is 0.886. The summed E-state index contributed by atoms with van der Waals surface area (Å²) in [6, 6.07) is 7.88. The van der Waals surface area contributed by atoms with Gasteiger partial charge in [-0.25, -0.2) is 4.98 Å². The van der Waals surface area contributed by atoms with E-state index in [0.717, 1.165) is 29.5 Å². The Kier molecular flexibility index (Phi) is 5.19. The van der Waals surface area contributed by atoms with E-state index in [0.29, 0.717) is 24.6 Å². The van der Waals surface area contributed by atoms with Crippen LogP contribution in [0.2, 0.25) is 0 Å². The largest absolute Gasteiger partial charge is 0.394 e. The summed E-state index contributed by atoms with van der Waals surface area (Å²) in [4.78, 5) is 21.6. The molecule has 1 fully saturated rings. The highest BCUT2D eigenvalue weighted by Gasteiger charge is 2.28. The predicted molar refractivity (Wildman–Crippen MR) is 101 cm³/mol. The molecule has 6 heteroatoms. The Labute approximate surface area is 152 Å². The van der Waals surface area contributed by atoms with Crippen molar-refractivity contribution in [2.75, 3.05) is 18.1 Å². The highest BCUT2D eigenvalue weighted by molar-refractivity contribution is 5.55. The molecule has 3 rings (SSSR count). The minimum Gasteiger partial charge on any atom is -0.394 e. The predicted octanol–water partition coefficient (Wildman–Crippen LogP) is 2.14. The molecule has 0 amide bonds. The number of hydrogen-bond donors (Lipinski definition) is 2. The van der Waals surface area contributed by atoms with Gasteiger partial charge in [0, 0.05) is 13.0 Å². The Bertz CT molecular complexity index is 926. The molecule has 2 aromatic rings. The molecule has 6 nitrogen and oxygen atoms in total. The molecule has 0 unspecified atom stereocenters. The summed E-state index contributed by atoms with van der Waals surface area (Å²) < 4.78 is 0. The highest BCUT2D eigenvalue weighted by Crippen LogP contribution is 2.25. The van der Waals surface area contributed by atoms with Crippen molar-refractivity contribution in [3.63, 3.8) is 0 Å². The molecule has 1 atom stereocenters. The van der Waals surface area contributed by atoms with Gasteiger partial charge in [-0.2, -0.15) is 5.26 Å². The van der Waals surface area contributed by atoms with Gasteiger partial charge in [-0.3, -0.25) is 4.79 Å². The van der Waals surface area contributed by atoms with Crippen LogP contribution in [-0.4, -0.2) is 34.3 Å². The summed E-state index contributed by atoms with van der Waals surface area (Å²) >= 11 is 0. The normalized spacial score (nSPS) is 16.5. The first-order valence-corrected chi connectivity index (χ1v) is 8.70. The molecule has 0 radical (unpaired) electrons. The van der Waals surface area contributed by atoms with Crippen LogP contribution in [0.25, 0.3) is 6.08 Å². The molecular formula is C20H22N4O2. The zero-order valence-electron chi connectivity index (χ0n) is 14.8. The van der Waals surface area contributed by atoms with Gasteiger partial charge in [0.2, 0.25) is 0 Å². The van der Waals surface area contributed by atoms with Gasteiger partial charge in [0.15, 0.2) is 11.4 Å². The summed E-state index contributed by atoms with van der Waals surface area (Å²) in [6.07, 6.45) is 3.96. The smallest absolute Gasteiger partial charge is 0.271 e. The van der Waals surface area contributed by atoms with Gasteiger partial charge in [-0.05, 0) is 36.5 Å². The second-order valence-electron chi connectivity index (χ2n) is 6.56. The number of hydrogen-bond acceptors (Lipinski definition) is 5. The SMILES string of the molecule is C=Cc1ccc(C)c(Cc2nc(N3CCC[C@H]3CO)c(C#N)c(=O)[nH]2)c1. The number of aryl methyl sites for hydroxylation is 1. The molecule has 134 valence electrons. The molecule has 1 aliphatic heterocycles. The maximum absolute atomic E-state index is 12.4. The van der Waals surface area contributed by atoms with E-state index >= 15 is 0 Å². The van der Waals surface area contributed by atoms with Crippen LogP contribution in [0.5, 0.6) is 0 Å². The van der Waals surface area contributed by atoms with Crippen LogP contribution in [0, 0.1) is 18.3 Å². The van der Waals surface area contributed by atoms with Crippen LogP contribution in [0.15, 0.2) is 29.6 Å². The summed E-state index contributed by atoms with van der Waals surface area (Å²) in [6.45, 7) is 6.46. The van der Waals surface area contributed by atoms with Gasteiger partial charge < -0.3 is 15.0 Å². The lowest BCUT2D eigenvalue weighted by molar-refractivity contribution is 0.266. The Morgan fingerprint density at radius 3 is 3.04 bits per heavy atom. The number of anilines is 1. The fourth-order valence-electron chi connectivity index (χ4n) is 3.39. The van der Waals surface area contributed by atoms with E-state index in [1.54, 1.807) is 6.08 Å². The minimum absolute atomic E-state index is 0.00524. The zero-order chi connectivity index (χ0) is 18.7. The maximum Gasteiger partial charge on any atom is 0.271 e. The third kappa shape index (κ3) is 3.39. The molecule has 2 heterocycles. The third-order valence-electron chi connectivity index (χ3n) is 4.89. The zero-order valence-corrected chi connectivity index (χ0v) is 14.8. The van der Waals surface area contributed by atoms with Crippen LogP contribution in [0.1, 0.15) is 40.9 Å². The first-order valence-electron chi connectivity index (χ1n) is 8.70. The maximum atomic E-state index is 12.4. The topological polar surface area (TPSA) is 93.0 Å². The molecule has 0 bridgehead atoms. The van der Waals surface area contributed by atoms with E-state index in [2.05, 4.69) is 16.5 Å². The average Bonchev–Trinajstić information content (AvgIpc) is 3.11. The highest BCUT2D eigenvalue weighted by atomic mass is 16.3. The molecule has 1 saturated heterocycles. The molecule has 0 spiro atoms. The van der Waals surface area contributed by atoms with Gasteiger partial charge >= 0.3 is 0 Å². The van der Waals surface area contributed by atoms with Gasteiger partial charge in [0.05, 0.1) is 12.6 Å². The number of rotatable bonds is 5. The van der Waals surface area contributed by atoms with E-state index in [9.17, 15) is 15.2 Å². The summed E-state index contributed by atoms with van der Waals surface area (Å²) in [5, 5.41) is 19.0. The summed E-state index contributed by atoms with van der Waals surface area (Å²) in [7, 11) is 0. The lowest BCUT2D eigenvalue weighted by Gasteiger charge is -2.25. The third-order valence-corrected chi connectivity index (χ3v) is 4.89. The van der Waals surface area contributed by atoms with Crippen LogP contribution in [0.3, 0.4) is 0 Å². The van der Waals surface area contributed by atoms with Crippen molar-refractivity contribution in [2.24, 2.45) is 0 Å². The Morgan fingerprint density at radius 1 is 1.54 bits per heavy atom. The lowest BCUT2D eigenvalue weighted by atomic mass is 10.0. The number of aliphatic hydroxyl groups excluding tert-OH is 1. The van der Waals surface area contributed by atoms with E-state index < -0.39 is 5.56 Å². The van der Waals surface area contributed by atoms with Crippen LogP contribution < -0.4 is 10.5 Å². The Balaban J connectivity index is 2.03. The standard InChI is InChI=1S/C20H22N4O2/c1-3-14-7-6-13(2)15(9-14)10-18-22-19(17(11-21)20(26)23-18)24-8-4-5-16(24)12-25/h3,6-7,9,16,25H,1,4-5,8,10,12H2,2H3,(H,22,23,26)/t16-/m0/s1. The number of nitriles is 1. The lowest BCUT2D eigenvalue weighted by Crippen LogP contribution is -2.35. The van der Waals surface area contributed by atoms with Crippen LogP contribution >= 0.6 is 0 Å². The molecule has 0 saturated carbocycles. The molecule has 1 aromatic carbocycles. The van der Waals surface area contributed by atoms with Crippen molar-refractivity contribution in [3.8, 4) is 6.07 Å². The first kappa shape index (κ1) is 17.9. The van der Waals surface area contributed by atoms with Crippen molar-refractivity contribution in [1.29, 1.82) is 5.26 Å². The Morgan fingerprint density at radius 2 is 2.35 bits per heavy atom. The van der Waals surface area contributed by atoms with Crippen molar-refractivity contribution in [1.82, 2.24) is 9.97 Å². The first-order chi connectivity index (χ1) is 12.6. The number of aromatic nitrogens is 2. The van der Waals surface area contributed by atoms with E-state index in [1.165, 1.54) is 0 Å². The van der Waals surface area contributed by atoms with Gasteiger partial charge in [0.1, 0.15) is 11.9 Å². The minimum atomic E-state index is -0.436. The fraction of sp³-hybridized carbons (Fsp3) is 0.350. The molecule has 1 aliphatic rings. The molecule has 26 heavy (non-hydrogen) atoms. The van der Waals surface area contributed by atoms with Gasteiger partial charge in [0.25, 0.3) is 5.56 Å². The number of H-pyrrole nitrogens is 1. The van der Waals surface area contributed by atoms with E-state index in [-0.39, 0.29) is 18.2 Å².